The van der Waals surface area contributed by atoms with Crippen LogP contribution in [0.5, 0.6) is 5.75 Å². The number of rotatable bonds is 9. The number of nitrogens with one attached hydrogen (secondary N) is 1. The van der Waals surface area contributed by atoms with Crippen LogP contribution in [0.1, 0.15) is 54.2 Å². The highest BCUT2D eigenvalue weighted by Crippen LogP contribution is 2.30. The highest BCUT2D eigenvalue weighted by Gasteiger charge is 2.24. The topological polar surface area (TPSA) is 65.4 Å². The monoisotopic (exact) mass is 521 g/mol. The van der Waals surface area contributed by atoms with Crippen LogP contribution in [0.2, 0.25) is 10.0 Å². The molecular weight excluding hydrogens is 493 g/mol. The highest BCUT2D eigenvalue weighted by atomic mass is 35.5. The first kappa shape index (κ1) is 25.0. The SMILES string of the molecule is CCC(C)NC(=O)c1cc(-c2csc(COc3cc(Cl)cc(Cl)c3)n2)n(CC2CCCO2)c1C. The number of halogens is 2. The van der Waals surface area contributed by atoms with E-state index in [0.29, 0.717) is 34.5 Å². The second-order valence-electron chi connectivity index (χ2n) is 8.58. The van der Waals surface area contributed by atoms with Crippen molar-refractivity contribution in [2.24, 2.45) is 0 Å². The van der Waals surface area contributed by atoms with Gasteiger partial charge < -0.3 is 19.4 Å². The van der Waals surface area contributed by atoms with Gasteiger partial charge in [0.05, 0.1) is 23.1 Å². The minimum atomic E-state index is -0.0594. The van der Waals surface area contributed by atoms with Gasteiger partial charge in [0.15, 0.2) is 0 Å². The zero-order valence-electron chi connectivity index (χ0n) is 19.6. The van der Waals surface area contributed by atoms with Crippen LogP contribution >= 0.6 is 34.5 Å². The summed E-state index contributed by atoms with van der Waals surface area (Å²) in [5.41, 5.74) is 3.32. The molecular formula is C25H29Cl2N3O3S. The van der Waals surface area contributed by atoms with Crippen LogP contribution in [0.3, 0.4) is 0 Å². The van der Waals surface area contributed by atoms with Gasteiger partial charge in [-0.25, -0.2) is 4.98 Å². The molecule has 2 aromatic heterocycles. The second-order valence-corrected chi connectivity index (χ2v) is 10.4. The molecule has 3 heterocycles. The lowest BCUT2D eigenvalue weighted by atomic mass is 10.2. The number of carbonyl (C=O) groups is 1. The van der Waals surface area contributed by atoms with Crippen LogP contribution in [0.25, 0.3) is 11.4 Å². The zero-order chi connectivity index (χ0) is 24.2. The molecule has 1 aromatic carbocycles. The average molecular weight is 522 g/mol. The van der Waals surface area contributed by atoms with Crippen LogP contribution < -0.4 is 10.1 Å². The Kier molecular flexibility index (Phi) is 8.19. The molecule has 1 aliphatic rings. The number of hydrogen-bond acceptors (Lipinski definition) is 5. The third kappa shape index (κ3) is 5.95. The van der Waals surface area contributed by atoms with Gasteiger partial charge in [-0.3, -0.25) is 4.79 Å². The van der Waals surface area contributed by atoms with Crippen molar-refractivity contribution in [1.29, 1.82) is 0 Å². The Morgan fingerprint density at radius 1 is 1.32 bits per heavy atom. The number of thiazole rings is 1. The van der Waals surface area contributed by atoms with Crippen LogP contribution in [0.15, 0.2) is 29.6 Å². The normalized spacial score (nSPS) is 16.6. The molecule has 1 N–H and O–H groups in total. The Labute approximate surface area is 214 Å². The second kappa shape index (κ2) is 11.1. The van der Waals surface area contributed by atoms with Crippen LogP contribution in [-0.4, -0.2) is 34.2 Å². The fourth-order valence-electron chi connectivity index (χ4n) is 3.97. The molecule has 4 rings (SSSR count). The molecule has 1 saturated heterocycles. The molecule has 0 bridgehead atoms. The van der Waals surface area contributed by atoms with E-state index in [2.05, 4.69) is 16.8 Å². The van der Waals surface area contributed by atoms with Crippen molar-refractivity contribution in [1.82, 2.24) is 14.9 Å². The molecule has 0 spiro atoms. The number of aromatic nitrogens is 2. The third-order valence-electron chi connectivity index (χ3n) is 6.02. The van der Waals surface area contributed by atoms with Gasteiger partial charge in [0.2, 0.25) is 0 Å². The number of nitrogens with zero attached hydrogens (tertiary/aromatic N) is 2. The minimum Gasteiger partial charge on any atom is -0.486 e. The Balaban J connectivity index is 1.58. The highest BCUT2D eigenvalue weighted by molar-refractivity contribution is 7.09. The van der Waals surface area contributed by atoms with Crippen molar-refractivity contribution in [2.75, 3.05) is 6.61 Å². The standard InChI is InChI=1S/C25H29Cl2N3O3S/c1-4-15(2)28-25(31)21-11-23(30(16(21)3)12-19-6-5-7-32-19)22-14-34-24(29-22)13-33-20-9-17(26)8-18(27)10-20/h8-11,14-15,19H,4-7,12-13H2,1-3H3,(H,28,31). The van der Waals surface area contributed by atoms with E-state index in [1.54, 1.807) is 18.2 Å². The number of hydrogen-bond donors (Lipinski definition) is 1. The summed E-state index contributed by atoms with van der Waals surface area (Å²) < 4.78 is 13.9. The third-order valence-corrected chi connectivity index (χ3v) is 7.28. The first-order valence-corrected chi connectivity index (χ1v) is 13.1. The van der Waals surface area contributed by atoms with Crippen molar-refractivity contribution >= 4 is 40.4 Å². The summed E-state index contributed by atoms with van der Waals surface area (Å²) in [5, 5.41) is 6.94. The van der Waals surface area contributed by atoms with E-state index in [1.165, 1.54) is 11.3 Å². The molecule has 2 atom stereocenters. The van der Waals surface area contributed by atoms with Crippen molar-refractivity contribution in [3.8, 4) is 17.1 Å². The van der Waals surface area contributed by atoms with Crippen molar-refractivity contribution in [2.45, 2.75) is 65.3 Å². The lowest BCUT2D eigenvalue weighted by Gasteiger charge is -2.16. The Morgan fingerprint density at radius 3 is 2.76 bits per heavy atom. The predicted molar refractivity (Wildman–Crippen MR) is 137 cm³/mol. The van der Waals surface area contributed by atoms with Crippen molar-refractivity contribution < 1.29 is 14.3 Å². The molecule has 0 aliphatic carbocycles. The van der Waals surface area contributed by atoms with Crippen LogP contribution in [-0.2, 0) is 17.9 Å². The first-order valence-electron chi connectivity index (χ1n) is 11.5. The van der Waals surface area contributed by atoms with Crippen LogP contribution in [0, 0.1) is 6.92 Å². The maximum absolute atomic E-state index is 13.0. The van der Waals surface area contributed by atoms with Gasteiger partial charge >= 0.3 is 0 Å². The van der Waals surface area contributed by atoms with E-state index < -0.39 is 0 Å². The molecule has 182 valence electrons. The molecule has 6 nitrogen and oxygen atoms in total. The average Bonchev–Trinajstić information content (AvgIpc) is 3.53. The van der Waals surface area contributed by atoms with Gasteiger partial charge in [-0.2, -0.15) is 0 Å². The number of amides is 1. The van der Waals surface area contributed by atoms with Gasteiger partial charge in [0.1, 0.15) is 17.4 Å². The van der Waals surface area contributed by atoms with E-state index in [1.807, 2.05) is 25.3 Å². The van der Waals surface area contributed by atoms with E-state index >= 15 is 0 Å². The van der Waals surface area contributed by atoms with Crippen molar-refractivity contribution in [3.05, 3.63) is 56.0 Å². The maximum Gasteiger partial charge on any atom is 0.253 e. The molecule has 0 saturated carbocycles. The van der Waals surface area contributed by atoms with Gasteiger partial charge in [-0.1, -0.05) is 30.1 Å². The number of ether oxygens (including phenoxy) is 2. The van der Waals surface area contributed by atoms with Gasteiger partial charge in [-0.15, -0.1) is 11.3 Å². The first-order chi connectivity index (χ1) is 16.3. The predicted octanol–water partition coefficient (Wildman–Crippen LogP) is 6.51. The summed E-state index contributed by atoms with van der Waals surface area (Å²) in [6.07, 6.45) is 3.10. The number of carbonyl (C=O) groups excluding carboxylic acids is 1. The van der Waals surface area contributed by atoms with Crippen LogP contribution in [0.4, 0.5) is 0 Å². The maximum atomic E-state index is 13.0. The zero-order valence-corrected chi connectivity index (χ0v) is 21.9. The molecule has 0 radical (unpaired) electrons. The summed E-state index contributed by atoms with van der Waals surface area (Å²) in [5.74, 6) is 0.534. The summed E-state index contributed by atoms with van der Waals surface area (Å²) in [4.78, 5) is 17.8. The van der Waals surface area contributed by atoms with E-state index in [0.717, 1.165) is 48.0 Å². The van der Waals surface area contributed by atoms with Gasteiger partial charge in [0, 0.05) is 40.3 Å². The number of benzene rings is 1. The van der Waals surface area contributed by atoms with Crippen molar-refractivity contribution in [3.63, 3.8) is 0 Å². The summed E-state index contributed by atoms with van der Waals surface area (Å²) in [6.45, 7) is 7.84. The molecule has 2 unspecified atom stereocenters. The van der Waals surface area contributed by atoms with E-state index in [4.69, 9.17) is 37.7 Å². The van der Waals surface area contributed by atoms with Gasteiger partial charge in [0.25, 0.3) is 5.91 Å². The summed E-state index contributed by atoms with van der Waals surface area (Å²) >= 11 is 13.6. The smallest absolute Gasteiger partial charge is 0.253 e. The Hall–Kier alpha value is -2.06. The molecule has 1 amide bonds. The molecule has 1 aliphatic heterocycles. The lowest BCUT2D eigenvalue weighted by Crippen LogP contribution is -2.32. The largest absolute Gasteiger partial charge is 0.486 e. The van der Waals surface area contributed by atoms with E-state index in [9.17, 15) is 4.79 Å². The fraction of sp³-hybridized carbons (Fsp3) is 0.440. The molecule has 9 heteroatoms. The Bertz CT molecular complexity index is 1130. The summed E-state index contributed by atoms with van der Waals surface area (Å²) in [6, 6.07) is 7.16. The Morgan fingerprint density at radius 2 is 2.09 bits per heavy atom. The molecule has 3 aromatic rings. The summed E-state index contributed by atoms with van der Waals surface area (Å²) in [7, 11) is 0. The molecule has 1 fully saturated rings. The fourth-order valence-corrected chi connectivity index (χ4v) is 5.17. The molecule has 34 heavy (non-hydrogen) atoms. The van der Waals surface area contributed by atoms with Gasteiger partial charge in [-0.05, 0) is 57.4 Å². The lowest BCUT2D eigenvalue weighted by molar-refractivity contribution is 0.0930. The quantitative estimate of drug-likeness (QED) is 0.348. The van der Waals surface area contributed by atoms with E-state index in [-0.39, 0.29) is 18.1 Å². The minimum absolute atomic E-state index is 0.0594.